The second-order valence-electron chi connectivity index (χ2n) is 5.81. The standard InChI is InChI=1S/C19H13N3O4S/c23-17-9-7-16(14-6-3-11-20-19(14)17)22-21-15-8-10-18(27(24,25)26)13-5-2-1-4-12(13)15/h1-11,23H,(H,24,25,26)/b22-21+. The Labute approximate surface area is 154 Å². The van der Waals surface area contributed by atoms with Gasteiger partial charge in [-0.2, -0.15) is 8.42 Å². The molecule has 27 heavy (non-hydrogen) atoms. The molecule has 1 aromatic heterocycles. The van der Waals surface area contributed by atoms with Gasteiger partial charge in [0.25, 0.3) is 10.1 Å². The van der Waals surface area contributed by atoms with Crippen LogP contribution in [-0.4, -0.2) is 23.1 Å². The highest BCUT2D eigenvalue weighted by atomic mass is 32.2. The van der Waals surface area contributed by atoms with Gasteiger partial charge in [0.2, 0.25) is 0 Å². The fraction of sp³-hybridized carbons (Fsp3) is 0. The van der Waals surface area contributed by atoms with Crippen molar-refractivity contribution in [1.29, 1.82) is 0 Å². The third kappa shape index (κ3) is 3.12. The molecule has 4 aromatic rings. The van der Waals surface area contributed by atoms with Gasteiger partial charge in [0.15, 0.2) is 0 Å². The molecule has 0 amide bonds. The first-order valence-electron chi connectivity index (χ1n) is 7.93. The van der Waals surface area contributed by atoms with Gasteiger partial charge in [-0.1, -0.05) is 24.3 Å². The predicted octanol–water partition coefficient (Wildman–Crippen LogP) is 4.76. The van der Waals surface area contributed by atoms with Crippen molar-refractivity contribution >= 4 is 43.2 Å². The zero-order chi connectivity index (χ0) is 19.0. The van der Waals surface area contributed by atoms with E-state index in [-0.39, 0.29) is 10.6 Å². The molecule has 1 heterocycles. The number of benzene rings is 3. The molecule has 7 nitrogen and oxygen atoms in total. The second kappa shape index (κ2) is 6.42. The number of azo groups is 1. The number of fused-ring (bicyclic) bond motifs is 2. The van der Waals surface area contributed by atoms with Crippen molar-refractivity contribution in [3.63, 3.8) is 0 Å². The fourth-order valence-corrected chi connectivity index (χ4v) is 3.60. The van der Waals surface area contributed by atoms with Crippen molar-refractivity contribution in [2.75, 3.05) is 0 Å². The monoisotopic (exact) mass is 379 g/mol. The normalized spacial score (nSPS) is 12.2. The lowest BCUT2D eigenvalue weighted by Crippen LogP contribution is -1.98. The van der Waals surface area contributed by atoms with Crippen LogP contribution in [0.4, 0.5) is 11.4 Å². The van der Waals surface area contributed by atoms with Crippen molar-refractivity contribution in [3.05, 3.63) is 66.9 Å². The van der Waals surface area contributed by atoms with Crippen LogP contribution in [-0.2, 0) is 10.1 Å². The van der Waals surface area contributed by atoms with Gasteiger partial charge in [-0.15, -0.1) is 10.2 Å². The van der Waals surface area contributed by atoms with E-state index < -0.39 is 10.1 Å². The summed E-state index contributed by atoms with van der Waals surface area (Å²) in [6.07, 6.45) is 1.57. The summed E-state index contributed by atoms with van der Waals surface area (Å²) in [7, 11) is -4.36. The maximum absolute atomic E-state index is 11.6. The van der Waals surface area contributed by atoms with E-state index in [2.05, 4.69) is 15.2 Å². The number of aromatic hydroxyl groups is 1. The SMILES string of the molecule is O=S(=O)(O)c1ccc(/N=N/c2ccc(O)c3ncccc23)c2ccccc12. The average Bonchev–Trinajstić information content (AvgIpc) is 2.66. The van der Waals surface area contributed by atoms with Gasteiger partial charge in [0, 0.05) is 22.4 Å². The molecule has 0 aliphatic rings. The molecule has 0 radical (unpaired) electrons. The quantitative estimate of drug-likeness (QED) is 0.394. The van der Waals surface area contributed by atoms with Crippen LogP contribution in [0.15, 0.2) is 82.0 Å². The fourth-order valence-electron chi connectivity index (χ4n) is 2.91. The topological polar surface area (TPSA) is 112 Å². The minimum absolute atomic E-state index is 0.0486. The van der Waals surface area contributed by atoms with Crippen LogP contribution in [0.5, 0.6) is 5.75 Å². The second-order valence-corrected chi connectivity index (χ2v) is 7.20. The van der Waals surface area contributed by atoms with Crippen LogP contribution in [0.25, 0.3) is 21.7 Å². The molecular formula is C19H13N3O4S. The Kier molecular flexibility index (Phi) is 4.06. The molecule has 8 heteroatoms. The highest BCUT2D eigenvalue weighted by molar-refractivity contribution is 7.86. The van der Waals surface area contributed by atoms with E-state index in [1.54, 1.807) is 48.7 Å². The van der Waals surface area contributed by atoms with Crippen LogP contribution in [0.2, 0.25) is 0 Å². The zero-order valence-corrected chi connectivity index (χ0v) is 14.6. The first-order chi connectivity index (χ1) is 12.9. The largest absolute Gasteiger partial charge is 0.506 e. The Morgan fingerprint density at radius 1 is 0.778 bits per heavy atom. The minimum atomic E-state index is -4.36. The van der Waals surface area contributed by atoms with E-state index in [0.717, 1.165) is 0 Å². The molecular weight excluding hydrogens is 366 g/mol. The van der Waals surface area contributed by atoms with Gasteiger partial charge < -0.3 is 5.11 Å². The first kappa shape index (κ1) is 17.1. The summed E-state index contributed by atoms with van der Waals surface area (Å²) in [5.41, 5.74) is 1.38. The molecule has 0 aliphatic carbocycles. The molecule has 0 spiro atoms. The summed E-state index contributed by atoms with van der Waals surface area (Å²) in [5.74, 6) is 0.0486. The van der Waals surface area contributed by atoms with Crippen LogP contribution in [0.1, 0.15) is 0 Å². The first-order valence-corrected chi connectivity index (χ1v) is 9.37. The molecule has 0 unspecified atom stereocenters. The molecule has 0 bridgehead atoms. The third-order valence-corrected chi connectivity index (χ3v) is 5.04. The van der Waals surface area contributed by atoms with Gasteiger partial charge in [0.1, 0.15) is 16.2 Å². The summed E-state index contributed by atoms with van der Waals surface area (Å²) in [6.45, 7) is 0. The van der Waals surface area contributed by atoms with Crippen LogP contribution in [0.3, 0.4) is 0 Å². The molecule has 0 aliphatic heterocycles. The number of aromatic nitrogens is 1. The summed E-state index contributed by atoms with van der Waals surface area (Å²) >= 11 is 0. The molecule has 4 rings (SSSR count). The Hall–Kier alpha value is -3.36. The maximum atomic E-state index is 11.6. The summed E-state index contributed by atoms with van der Waals surface area (Å²) in [5, 5.41) is 19.9. The van der Waals surface area contributed by atoms with E-state index in [9.17, 15) is 18.1 Å². The van der Waals surface area contributed by atoms with Gasteiger partial charge >= 0.3 is 0 Å². The number of hydrogen-bond donors (Lipinski definition) is 2. The van der Waals surface area contributed by atoms with Gasteiger partial charge in [-0.3, -0.25) is 9.54 Å². The lowest BCUT2D eigenvalue weighted by Gasteiger charge is -2.06. The molecule has 0 saturated carbocycles. The van der Waals surface area contributed by atoms with Crippen LogP contribution < -0.4 is 0 Å². The molecule has 3 aromatic carbocycles. The number of pyridine rings is 1. The number of nitrogens with zero attached hydrogens (tertiary/aromatic N) is 3. The van der Waals surface area contributed by atoms with Crippen molar-refractivity contribution in [3.8, 4) is 5.75 Å². The molecule has 0 saturated heterocycles. The van der Waals surface area contributed by atoms with E-state index in [1.165, 1.54) is 18.2 Å². The van der Waals surface area contributed by atoms with Gasteiger partial charge in [0.05, 0.1) is 11.4 Å². The number of phenols is 1. The number of hydrogen-bond acceptors (Lipinski definition) is 6. The summed E-state index contributed by atoms with van der Waals surface area (Å²) in [4.78, 5) is 3.95. The summed E-state index contributed by atoms with van der Waals surface area (Å²) < 4.78 is 32.6. The predicted molar refractivity (Wildman–Crippen MR) is 101 cm³/mol. The van der Waals surface area contributed by atoms with Gasteiger partial charge in [-0.05, 0) is 36.4 Å². The van der Waals surface area contributed by atoms with E-state index in [1.807, 2.05) is 0 Å². The number of rotatable bonds is 3. The van der Waals surface area contributed by atoms with Gasteiger partial charge in [-0.25, -0.2) is 0 Å². The van der Waals surface area contributed by atoms with Crippen LogP contribution in [0, 0.1) is 0 Å². The molecule has 2 N–H and O–H groups in total. The molecule has 134 valence electrons. The Balaban J connectivity index is 1.87. The third-order valence-electron chi connectivity index (χ3n) is 4.13. The van der Waals surface area contributed by atoms with Crippen LogP contribution >= 0.6 is 0 Å². The average molecular weight is 379 g/mol. The number of phenolic OH excluding ortho intramolecular Hbond substituents is 1. The van der Waals surface area contributed by atoms with E-state index >= 15 is 0 Å². The van der Waals surface area contributed by atoms with Crippen molar-refractivity contribution in [2.24, 2.45) is 10.2 Å². The van der Waals surface area contributed by atoms with E-state index in [0.29, 0.717) is 33.1 Å². The zero-order valence-electron chi connectivity index (χ0n) is 13.8. The Morgan fingerprint density at radius 2 is 1.41 bits per heavy atom. The maximum Gasteiger partial charge on any atom is 0.295 e. The smallest absolute Gasteiger partial charge is 0.295 e. The van der Waals surface area contributed by atoms with Crippen molar-refractivity contribution in [1.82, 2.24) is 4.98 Å². The van der Waals surface area contributed by atoms with E-state index in [4.69, 9.17) is 0 Å². The van der Waals surface area contributed by atoms with Crippen molar-refractivity contribution in [2.45, 2.75) is 4.90 Å². The Bertz CT molecular complexity index is 1320. The van der Waals surface area contributed by atoms with Crippen molar-refractivity contribution < 1.29 is 18.1 Å². The Morgan fingerprint density at radius 3 is 2.15 bits per heavy atom. The minimum Gasteiger partial charge on any atom is -0.506 e. The molecule has 0 atom stereocenters. The highest BCUT2D eigenvalue weighted by Crippen LogP contribution is 2.35. The lowest BCUT2D eigenvalue weighted by molar-refractivity contribution is 0.480. The summed E-state index contributed by atoms with van der Waals surface area (Å²) in [6, 6.07) is 16.1. The molecule has 0 fully saturated rings. The lowest BCUT2D eigenvalue weighted by atomic mass is 10.1. The highest BCUT2D eigenvalue weighted by Gasteiger charge is 2.15.